The molecule has 0 aliphatic carbocycles. The molecule has 6 heteroatoms. The summed E-state index contributed by atoms with van der Waals surface area (Å²) in [6, 6.07) is 23.7. The van der Waals surface area contributed by atoms with Gasteiger partial charge >= 0.3 is 6.03 Å². The van der Waals surface area contributed by atoms with Crippen molar-refractivity contribution in [1.29, 1.82) is 0 Å². The quantitative estimate of drug-likeness (QED) is 0.500. The minimum atomic E-state index is -0.290. The van der Waals surface area contributed by atoms with Crippen LogP contribution in [0.2, 0.25) is 0 Å². The Morgan fingerprint density at radius 1 is 0.875 bits per heavy atom. The van der Waals surface area contributed by atoms with E-state index in [2.05, 4.69) is 69.4 Å². The first-order chi connectivity index (χ1) is 15.6. The zero-order valence-corrected chi connectivity index (χ0v) is 18.2. The molecule has 164 valence electrons. The zero-order chi connectivity index (χ0) is 22.3. The second-order valence-electron chi connectivity index (χ2n) is 7.91. The van der Waals surface area contributed by atoms with Gasteiger partial charge in [0, 0.05) is 43.1 Å². The van der Waals surface area contributed by atoms with E-state index < -0.39 is 0 Å². The summed E-state index contributed by atoms with van der Waals surface area (Å²) in [6.07, 6.45) is 1.50. The molecule has 1 aliphatic heterocycles. The third kappa shape index (κ3) is 5.46. The normalized spacial score (nSPS) is 12.2. The van der Waals surface area contributed by atoms with Crippen molar-refractivity contribution >= 4 is 29.0 Å². The number of nitrogens with one attached hydrogen (secondary N) is 3. The highest BCUT2D eigenvalue weighted by Gasteiger charge is 2.18. The van der Waals surface area contributed by atoms with Gasteiger partial charge in [0.25, 0.3) is 0 Å². The lowest BCUT2D eigenvalue weighted by Crippen LogP contribution is -2.28. The number of urea groups is 1. The summed E-state index contributed by atoms with van der Waals surface area (Å²) >= 11 is 0. The molecule has 3 amide bonds. The third-order valence-corrected chi connectivity index (χ3v) is 5.56. The Bertz CT molecular complexity index is 1090. The Morgan fingerprint density at radius 3 is 2.38 bits per heavy atom. The van der Waals surface area contributed by atoms with Crippen LogP contribution in [0, 0.1) is 0 Å². The smallest absolute Gasteiger partial charge is 0.319 e. The van der Waals surface area contributed by atoms with Crippen LogP contribution in [0.4, 0.5) is 21.9 Å². The average molecular weight is 429 g/mol. The van der Waals surface area contributed by atoms with Crippen LogP contribution >= 0.6 is 0 Å². The predicted molar refractivity (Wildman–Crippen MR) is 129 cm³/mol. The Labute approximate surface area is 188 Å². The summed E-state index contributed by atoms with van der Waals surface area (Å²) in [4.78, 5) is 26.2. The van der Waals surface area contributed by atoms with Gasteiger partial charge in [0.2, 0.25) is 5.91 Å². The Morgan fingerprint density at radius 2 is 1.59 bits per heavy atom. The van der Waals surface area contributed by atoms with E-state index in [1.54, 1.807) is 31.2 Å². The lowest BCUT2D eigenvalue weighted by atomic mass is 10.1. The molecular formula is C26H28N4O2. The maximum atomic E-state index is 12.3. The standard InChI is InChI=1S/C26H28N4O2/c1-2-25(31)28-22-7-5-8-23(16-22)29-26(32)27-17-19-10-12-20(13-11-19)18-30-15-14-21-6-3-4-9-24(21)30/h3-13,16H,2,14-15,17-18H2,1H3,(H,28,31)(H2,27,29,32). The Balaban J connectivity index is 1.27. The SMILES string of the molecule is CCC(=O)Nc1cccc(NC(=O)NCc2ccc(CN3CCc4ccccc43)cc2)c1. The van der Waals surface area contributed by atoms with Gasteiger partial charge in [-0.15, -0.1) is 0 Å². The fourth-order valence-corrected chi connectivity index (χ4v) is 3.84. The number of para-hydroxylation sites is 1. The number of hydrogen-bond acceptors (Lipinski definition) is 3. The van der Waals surface area contributed by atoms with E-state index in [0.717, 1.165) is 25.1 Å². The summed E-state index contributed by atoms with van der Waals surface area (Å²) in [5, 5.41) is 8.47. The number of rotatable bonds is 7. The Kier molecular flexibility index (Phi) is 6.70. The molecule has 0 fully saturated rings. The van der Waals surface area contributed by atoms with Gasteiger partial charge in [-0.3, -0.25) is 4.79 Å². The van der Waals surface area contributed by atoms with Crippen molar-refractivity contribution in [2.24, 2.45) is 0 Å². The number of amides is 3. The van der Waals surface area contributed by atoms with Crippen molar-refractivity contribution in [3.05, 3.63) is 89.5 Å². The average Bonchev–Trinajstić information content (AvgIpc) is 3.21. The minimum Gasteiger partial charge on any atom is -0.367 e. The van der Waals surface area contributed by atoms with E-state index in [4.69, 9.17) is 0 Å². The molecule has 3 aromatic rings. The highest BCUT2D eigenvalue weighted by atomic mass is 16.2. The van der Waals surface area contributed by atoms with E-state index in [9.17, 15) is 9.59 Å². The van der Waals surface area contributed by atoms with E-state index >= 15 is 0 Å². The van der Waals surface area contributed by atoms with Crippen LogP contribution in [0.1, 0.15) is 30.0 Å². The van der Waals surface area contributed by atoms with Gasteiger partial charge in [0.15, 0.2) is 0 Å². The summed E-state index contributed by atoms with van der Waals surface area (Å²) in [6.45, 7) is 4.16. The summed E-state index contributed by atoms with van der Waals surface area (Å²) in [5.74, 6) is -0.0658. The van der Waals surface area contributed by atoms with Gasteiger partial charge in [0.05, 0.1) is 0 Å². The largest absolute Gasteiger partial charge is 0.367 e. The van der Waals surface area contributed by atoms with Gasteiger partial charge in [-0.05, 0) is 47.4 Å². The van der Waals surface area contributed by atoms with Crippen LogP contribution < -0.4 is 20.9 Å². The van der Waals surface area contributed by atoms with Crippen LogP contribution in [0.15, 0.2) is 72.8 Å². The number of fused-ring (bicyclic) bond motifs is 1. The fourth-order valence-electron chi connectivity index (χ4n) is 3.84. The van der Waals surface area contributed by atoms with E-state index in [1.165, 1.54) is 16.8 Å². The monoisotopic (exact) mass is 428 g/mol. The van der Waals surface area contributed by atoms with E-state index in [0.29, 0.717) is 24.3 Å². The van der Waals surface area contributed by atoms with Gasteiger partial charge in [-0.25, -0.2) is 4.79 Å². The fraction of sp³-hybridized carbons (Fsp3) is 0.231. The molecule has 1 aliphatic rings. The molecule has 32 heavy (non-hydrogen) atoms. The molecule has 3 N–H and O–H groups in total. The minimum absolute atomic E-state index is 0.0658. The number of benzene rings is 3. The summed E-state index contributed by atoms with van der Waals surface area (Å²) in [5.41, 5.74) is 6.31. The molecule has 0 unspecified atom stereocenters. The second kappa shape index (κ2) is 10.0. The van der Waals surface area contributed by atoms with Gasteiger partial charge < -0.3 is 20.9 Å². The maximum absolute atomic E-state index is 12.3. The van der Waals surface area contributed by atoms with E-state index in [-0.39, 0.29) is 11.9 Å². The lowest BCUT2D eigenvalue weighted by molar-refractivity contribution is -0.115. The van der Waals surface area contributed by atoms with Gasteiger partial charge in [-0.1, -0.05) is 55.5 Å². The lowest BCUT2D eigenvalue weighted by Gasteiger charge is -2.19. The van der Waals surface area contributed by atoms with Crippen molar-refractivity contribution in [3.8, 4) is 0 Å². The molecule has 4 rings (SSSR count). The molecule has 0 radical (unpaired) electrons. The van der Waals surface area contributed by atoms with Crippen LogP contribution in [0.25, 0.3) is 0 Å². The van der Waals surface area contributed by atoms with Crippen molar-refractivity contribution in [2.75, 3.05) is 22.1 Å². The van der Waals surface area contributed by atoms with Gasteiger partial charge in [0.1, 0.15) is 0 Å². The first-order valence-corrected chi connectivity index (χ1v) is 11.0. The van der Waals surface area contributed by atoms with Crippen LogP contribution in [-0.4, -0.2) is 18.5 Å². The highest BCUT2D eigenvalue weighted by molar-refractivity contribution is 5.93. The highest BCUT2D eigenvalue weighted by Crippen LogP contribution is 2.28. The van der Waals surface area contributed by atoms with Crippen molar-refractivity contribution in [1.82, 2.24) is 5.32 Å². The van der Waals surface area contributed by atoms with Crippen LogP contribution in [-0.2, 0) is 24.3 Å². The maximum Gasteiger partial charge on any atom is 0.319 e. The number of hydrogen-bond donors (Lipinski definition) is 3. The van der Waals surface area contributed by atoms with E-state index in [1.807, 2.05) is 0 Å². The molecule has 1 heterocycles. The van der Waals surface area contributed by atoms with Crippen molar-refractivity contribution in [2.45, 2.75) is 32.9 Å². The molecule has 0 spiro atoms. The molecule has 0 saturated carbocycles. The molecule has 3 aromatic carbocycles. The van der Waals surface area contributed by atoms with Gasteiger partial charge in [-0.2, -0.15) is 0 Å². The van der Waals surface area contributed by atoms with Crippen LogP contribution in [0.5, 0.6) is 0 Å². The molecule has 0 atom stereocenters. The zero-order valence-electron chi connectivity index (χ0n) is 18.2. The number of anilines is 3. The molecule has 6 nitrogen and oxygen atoms in total. The topological polar surface area (TPSA) is 73.5 Å². The van der Waals surface area contributed by atoms with Crippen LogP contribution in [0.3, 0.4) is 0 Å². The summed E-state index contributed by atoms with van der Waals surface area (Å²) < 4.78 is 0. The molecule has 0 bridgehead atoms. The second-order valence-corrected chi connectivity index (χ2v) is 7.91. The number of carbonyl (C=O) groups is 2. The predicted octanol–water partition coefficient (Wildman–Crippen LogP) is 4.92. The number of nitrogens with zero attached hydrogens (tertiary/aromatic N) is 1. The molecule has 0 aromatic heterocycles. The summed E-state index contributed by atoms with van der Waals surface area (Å²) in [7, 11) is 0. The Hall–Kier alpha value is -3.80. The number of carbonyl (C=O) groups excluding carboxylic acids is 2. The first-order valence-electron chi connectivity index (χ1n) is 11.0. The molecule has 0 saturated heterocycles. The first kappa shape index (κ1) is 21.4. The van der Waals surface area contributed by atoms with Crippen molar-refractivity contribution in [3.63, 3.8) is 0 Å². The molecular weight excluding hydrogens is 400 g/mol. The van der Waals surface area contributed by atoms with Crippen molar-refractivity contribution < 1.29 is 9.59 Å². The third-order valence-electron chi connectivity index (χ3n) is 5.56.